The molecule has 0 spiro atoms. The lowest BCUT2D eigenvalue weighted by atomic mass is 10.1. The van der Waals surface area contributed by atoms with Crippen molar-refractivity contribution < 1.29 is 17.9 Å². The van der Waals surface area contributed by atoms with Gasteiger partial charge in [-0.15, -0.1) is 0 Å². The maximum atomic E-state index is 12.4. The molecule has 0 radical (unpaired) electrons. The van der Waals surface area contributed by atoms with E-state index in [0.29, 0.717) is 17.3 Å². The van der Waals surface area contributed by atoms with E-state index in [9.17, 15) is 13.2 Å². The van der Waals surface area contributed by atoms with E-state index in [1.165, 1.54) is 18.3 Å². The Morgan fingerprint density at radius 2 is 2.00 bits per heavy atom. The molecule has 0 aliphatic rings. The molecule has 1 atom stereocenters. The van der Waals surface area contributed by atoms with Crippen molar-refractivity contribution in [3.8, 4) is 0 Å². The van der Waals surface area contributed by atoms with Crippen LogP contribution in [0.4, 0.5) is 13.2 Å². The lowest BCUT2D eigenvalue weighted by molar-refractivity contribution is -0.137. The maximum Gasteiger partial charge on any atom is 0.416 e. The van der Waals surface area contributed by atoms with Crippen LogP contribution < -0.4 is 10.7 Å². The molecule has 1 aromatic carbocycles. The lowest BCUT2D eigenvalue weighted by Gasteiger charge is -2.13. The Labute approximate surface area is 126 Å². The Morgan fingerprint density at radius 3 is 2.52 bits per heavy atom. The fourth-order valence-electron chi connectivity index (χ4n) is 1.47. The predicted octanol–water partition coefficient (Wildman–Crippen LogP) is 2.54. The SMILES string of the molecule is COC[C@H](C)NC(=S)N/N=C\c1ccc(C(F)(F)F)cc1. The van der Waals surface area contributed by atoms with Crippen LogP contribution in [0.15, 0.2) is 29.4 Å². The van der Waals surface area contributed by atoms with Gasteiger partial charge < -0.3 is 10.1 Å². The minimum absolute atomic E-state index is 0.0243. The molecule has 0 heterocycles. The summed E-state index contributed by atoms with van der Waals surface area (Å²) in [5, 5.41) is 7.08. The van der Waals surface area contributed by atoms with Crippen molar-refractivity contribution in [3.63, 3.8) is 0 Å². The molecular formula is C13H16F3N3OS. The Morgan fingerprint density at radius 1 is 1.38 bits per heavy atom. The molecule has 0 saturated heterocycles. The summed E-state index contributed by atoms with van der Waals surface area (Å²) in [5.74, 6) is 0. The zero-order chi connectivity index (χ0) is 15.9. The summed E-state index contributed by atoms with van der Waals surface area (Å²) in [6.07, 6.45) is -2.95. The van der Waals surface area contributed by atoms with Gasteiger partial charge in [0.25, 0.3) is 0 Å². The largest absolute Gasteiger partial charge is 0.416 e. The molecule has 4 nitrogen and oxygen atoms in total. The van der Waals surface area contributed by atoms with E-state index in [2.05, 4.69) is 15.8 Å². The second-order valence-electron chi connectivity index (χ2n) is 4.32. The van der Waals surface area contributed by atoms with Crippen molar-refractivity contribution in [1.29, 1.82) is 0 Å². The monoisotopic (exact) mass is 319 g/mol. The van der Waals surface area contributed by atoms with Gasteiger partial charge in [-0.1, -0.05) is 12.1 Å². The van der Waals surface area contributed by atoms with Gasteiger partial charge >= 0.3 is 6.18 Å². The first-order valence-corrected chi connectivity index (χ1v) is 6.49. The fourth-order valence-corrected chi connectivity index (χ4v) is 1.73. The van der Waals surface area contributed by atoms with Gasteiger partial charge in [-0.2, -0.15) is 18.3 Å². The summed E-state index contributed by atoms with van der Waals surface area (Å²) in [4.78, 5) is 0. The van der Waals surface area contributed by atoms with Crippen molar-refractivity contribution in [2.75, 3.05) is 13.7 Å². The van der Waals surface area contributed by atoms with E-state index in [0.717, 1.165) is 12.1 Å². The Balaban J connectivity index is 2.48. The van der Waals surface area contributed by atoms with Crippen LogP contribution in [0.25, 0.3) is 0 Å². The average molecular weight is 319 g/mol. The third kappa shape index (κ3) is 6.54. The molecule has 0 bridgehead atoms. The van der Waals surface area contributed by atoms with Crippen LogP contribution in [0.3, 0.4) is 0 Å². The minimum atomic E-state index is -4.34. The van der Waals surface area contributed by atoms with Crippen molar-refractivity contribution in [1.82, 2.24) is 10.7 Å². The lowest BCUT2D eigenvalue weighted by Crippen LogP contribution is -2.40. The number of ether oxygens (including phenoxy) is 1. The van der Waals surface area contributed by atoms with Crippen LogP contribution in [0.5, 0.6) is 0 Å². The highest BCUT2D eigenvalue weighted by molar-refractivity contribution is 7.80. The van der Waals surface area contributed by atoms with Gasteiger partial charge in [0.2, 0.25) is 0 Å². The highest BCUT2D eigenvalue weighted by Crippen LogP contribution is 2.28. The van der Waals surface area contributed by atoms with Crippen molar-refractivity contribution in [3.05, 3.63) is 35.4 Å². The van der Waals surface area contributed by atoms with Gasteiger partial charge in [-0.3, -0.25) is 5.43 Å². The molecule has 21 heavy (non-hydrogen) atoms. The smallest absolute Gasteiger partial charge is 0.383 e. The summed E-state index contributed by atoms with van der Waals surface area (Å²) in [5.41, 5.74) is 2.41. The molecule has 0 aromatic heterocycles. The Hall–Kier alpha value is -1.67. The first-order valence-electron chi connectivity index (χ1n) is 6.08. The number of thiocarbonyl (C=S) groups is 1. The quantitative estimate of drug-likeness (QED) is 0.497. The van der Waals surface area contributed by atoms with Gasteiger partial charge in [0.1, 0.15) is 0 Å². The molecular weight excluding hydrogens is 303 g/mol. The number of nitrogens with zero attached hydrogens (tertiary/aromatic N) is 1. The van der Waals surface area contributed by atoms with Crippen LogP contribution in [-0.4, -0.2) is 31.1 Å². The van der Waals surface area contributed by atoms with E-state index in [1.54, 1.807) is 7.11 Å². The number of methoxy groups -OCH3 is 1. The number of hydrogen-bond acceptors (Lipinski definition) is 3. The third-order valence-electron chi connectivity index (χ3n) is 2.41. The first-order chi connectivity index (χ1) is 9.82. The summed E-state index contributed by atoms with van der Waals surface area (Å²) in [7, 11) is 1.58. The number of hydrazone groups is 1. The van der Waals surface area contributed by atoms with Crippen molar-refractivity contribution in [2.24, 2.45) is 5.10 Å². The third-order valence-corrected chi connectivity index (χ3v) is 2.62. The molecule has 0 fully saturated rings. The maximum absolute atomic E-state index is 12.4. The number of rotatable bonds is 5. The molecule has 0 unspecified atom stereocenters. The molecule has 1 rings (SSSR count). The van der Waals surface area contributed by atoms with Crippen LogP contribution in [0.1, 0.15) is 18.1 Å². The van der Waals surface area contributed by atoms with Crippen LogP contribution in [-0.2, 0) is 10.9 Å². The highest BCUT2D eigenvalue weighted by Gasteiger charge is 2.29. The molecule has 0 saturated carbocycles. The number of halogens is 3. The first kappa shape index (κ1) is 17.4. The average Bonchev–Trinajstić information content (AvgIpc) is 2.38. The summed E-state index contributed by atoms with van der Waals surface area (Å²) in [6.45, 7) is 2.38. The van der Waals surface area contributed by atoms with Crippen LogP contribution >= 0.6 is 12.2 Å². The van der Waals surface area contributed by atoms with Crippen LogP contribution in [0.2, 0.25) is 0 Å². The van der Waals surface area contributed by atoms with E-state index >= 15 is 0 Å². The Bertz CT molecular complexity index is 488. The second-order valence-corrected chi connectivity index (χ2v) is 4.73. The van der Waals surface area contributed by atoms with E-state index in [4.69, 9.17) is 17.0 Å². The Kier molecular flexibility index (Phi) is 6.57. The molecule has 1 aromatic rings. The van der Waals surface area contributed by atoms with Gasteiger partial charge in [0.05, 0.1) is 18.4 Å². The summed E-state index contributed by atoms with van der Waals surface area (Å²) < 4.78 is 42.1. The van der Waals surface area contributed by atoms with Gasteiger partial charge in [-0.25, -0.2) is 0 Å². The van der Waals surface area contributed by atoms with Crippen molar-refractivity contribution in [2.45, 2.75) is 19.1 Å². The topological polar surface area (TPSA) is 45.6 Å². The summed E-state index contributed by atoms with van der Waals surface area (Å²) >= 11 is 4.99. The van der Waals surface area contributed by atoms with Gasteiger partial charge in [0, 0.05) is 13.2 Å². The minimum Gasteiger partial charge on any atom is -0.383 e. The van der Waals surface area contributed by atoms with E-state index < -0.39 is 11.7 Å². The van der Waals surface area contributed by atoms with E-state index in [-0.39, 0.29) is 6.04 Å². The number of benzene rings is 1. The zero-order valence-electron chi connectivity index (χ0n) is 11.6. The van der Waals surface area contributed by atoms with Gasteiger partial charge in [-0.05, 0) is 36.8 Å². The molecule has 0 amide bonds. The standard InChI is InChI=1S/C13H16F3N3OS/c1-9(8-20-2)18-12(21)19-17-7-10-3-5-11(6-4-10)13(14,15)16/h3-7,9H,8H2,1-2H3,(H2,18,19,21)/b17-7-/t9-/m0/s1. The second kappa shape index (κ2) is 7.94. The van der Waals surface area contributed by atoms with Gasteiger partial charge in [0.15, 0.2) is 5.11 Å². The van der Waals surface area contributed by atoms with Crippen LogP contribution in [0, 0.1) is 0 Å². The summed E-state index contributed by atoms with van der Waals surface area (Å²) in [6, 6.07) is 4.68. The molecule has 2 N–H and O–H groups in total. The fraction of sp³-hybridized carbons (Fsp3) is 0.385. The molecule has 0 aliphatic carbocycles. The highest BCUT2D eigenvalue weighted by atomic mass is 32.1. The number of alkyl halides is 3. The number of nitrogens with one attached hydrogen (secondary N) is 2. The van der Waals surface area contributed by atoms with Crippen molar-refractivity contribution >= 4 is 23.5 Å². The molecule has 8 heteroatoms. The number of hydrogen-bond donors (Lipinski definition) is 2. The normalized spacial score (nSPS) is 13.2. The molecule has 116 valence electrons. The zero-order valence-corrected chi connectivity index (χ0v) is 12.4. The predicted molar refractivity (Wildman–Crippen MR) is 79.2 cm³/mol. The molecule has 0 aliphatic heterocycles. The van der Waals surface area contributed by atoms with E-state index in [1.807, 2.05) is 6.92 Å².